The summed E-state index contributed by atoms with van der Waals surface area (Å²) in [6, 6.07) is 11.2. The van der Waals surface area contributed by atoms with Crippen LogP contribution < -0.4 is 4.74 Å². The fraction of sp³-hybridized carbons (Fsp3) is 0.214. The second kappa shape index (κ2) is 5.40. The molecule has 0 saturated carbocycles. The number of hydrogen-bond acceptors (Lipinski definition) is 2. The molecule has 0 bridgehead atoms. The first-order valence-corrected chi connectivity index (χ1v) is 5.84. The van der Waals surface area contributed by atoms with Gasteiger partial charge in [-0.15, -0.1) is 0 Å². The van der Waals surface area contributed by atoms with E-state index in [1.54, 1.807) is 13.0 Å². The number of aromatic nitrogens is 1. The predicted molar refractivity (Wildman–Crippen MR) is 68.1 cm³/mol. The Morgan fingerprint density at radius 1 is 1.28 bits per heavy atom. The van der Waals surface area contributed by atoms with Crippen LogP contribution in [0.1, 0.15) is 13.3 Å². The molecule has 0 amide bonds. The first kappa shape index (κ1) is 12.2. The maximum atomic E-state index is 11.0. The number of carboxylic acids is 1. The van der Waals surface area contributed by atoms with Crippen molar-refractivity contribution in [2.24, 2.45) is 0 Å². The van der Waals surface area contributed by atoms with Gasteiger partial charge in [0.1, 0.15) is 5.75 Å². The molecule has 1 aromatic carbocycles. The molecule has 4 nitrogen and oxygen atoms in total. The van der Waals surface area contributed by atoms with E-state index in [1.807, 2.05) is 47.3 Å². The van der Waals surface area contributed by atoms with E-state index in [0.717, 1.165) is 5.69 Å². The first-order chi connectivity index (χ1) is 8.72. The molecule has 1 N–H and O–H groups in total. The summed E-state index contributed by atoms with van der Waals surface area (Å²) in [6.07, 6.45) is 3.39. The van der Waals surface area contributed by atoms with Gasteiger partial charge in [0, 0.05) is 12.4 Å². The summed E-state index contributed by atoms with van der Waals surface area (Å²) in [5.74, 6) is -0.372. The minimum Gasteiger partial charge on any atom is -0.479 e. The number of rotatable bonds is 5. The number of nitrogens with zero attached hydrogens (tertiary/aromatic N) is 1. The highest BCUT2D eigenvalue weighted by molar-refractivity contribution is 5.72. The largest absolute Gasteiger partial charge is 0.479 e. The van der Waals surface area contributed by atoms with Crippen molar-refractivity contribution in [3.63, 3.8) is 0 Å². The highest BCUT2D eigenvalue weighted by Gasteiger charge is 2.18. The minimum absolute atomic E-state index is 0.426. The lowest BCUT2D eigenvalue weighted by atomic mass is 10.2. The van der Waals surface area contributed by atoms with Crippen molar-refractivity contribution in [1.82, 2.24) is 4.57 Å². The van der Waals surface area contributed by atoms with E-state index in [4.69, 9.17) is 9.84 Å². The lowest BCUT2D eigenvalue weighted by Gasteiger charge is -2.16. The molecule has 1 heterocycles. The van der Waals surface area contributed by atoms with Crippen LogP contribution in [0.2, 0.25) is 0 Å². The molecular weight excluding hydrogens is 230 g/mol. The Labute approximate surface area is 105 Å². The summed E-state index contributed by atoms with van der Waals surface area (Å²) in [6.45, 7) is 1.79. The van der Waals surface area contributed by atoms with Crippen molar-refractivity contribution in [1.29, 1.82) is 0 Å². The average molecular weight is 245 g/mol. The summed E-state index contributed by atoms with van der Waals surface area (Å²) >= 11 is 0. The van der Waals surface area contributed by atoms with E-state index in [9.17, 15) is 4.79 Å². The number of carboxylic acid groups (broad SMARTS) is 1. The van der Waals surface area contributed by atoms with Gasteiger partial charge in [-0.1, -0.05) is 19.1 Å². The molecule has 0 aliphatic carbocycles. The number of para-hydroxylation sites is 2. The summed E-state index contributed by atoms with van der Waals surface area (Å²) < 4.78 is 7.45. The molecular formula is C14H15NO3. The molecule has 1 unspecified atom stereocenters. The van der Waals surface area contributed by atoms with Crippen LogP contribution >= 0.6 is 0 Å². The molecule has 0 spiro atoms. The monoisotopic (exact) mass is 245 g/mol. The molecule has 18 heavy (non-hydrogen) atoms. The lowest BCUT2D eigenvalue weighted by Crippen LogP contribution is -2.26. The Balaban J connectivity index is 2.31. The smallest absolute Gasteiger partial charge is 0.344 e. The molecule has 1 atom stereocenters. The fourth-order valence-electron chi connectivity index (χ4n) is 1.73. The molecule has 2 aromatic rings. The maximum Gasteiger partial charge on any atom is 0.344 e. The number of aliphatic carboxylic acids is 1. The molecule has 2 rings (SSSR count). The van der Waals surface area contributed by atoms with E-state index in [0.29, 0.717) is 12.2 Å². The summed E-state index contributed by atoms with van der Waals surface area (Å²) in [4.78, 5) is 11.0. The van der Waals surface area contributed by atoms with Crippen molar-refractivity contribution >= 4 is 5.97 Å². The van der Waals surface area contributed by atoms with Crippen molar-refractivity contribution in [3.8, 4) is 11.4 Å². The van der Waals surface area contributed by atoms with Crippen LogP contribution in [0.5, 0.6) is 5.75 Å². The van der Waals surface area contributed by atoms with Crippen molar-refractivity contribution in [2.75, 3.05) is 0 Å². The molecule has 94 valence electrons. The Kier molecular flexibility index (Phi) is 3.67. The molecule has 0 aliphatic rings. The average Bonchev–Trinajstić information content (AvgIpc) is 2.89. The molecule has 0 radical (unpaired) electrons. The van der Waals surface area contributed by atoms with Crippen molar-refractivity contribution in [2.45, 2.75) is 19.4 Å². The van der Waals surface area contributed by atoms with Crippen LogP contribution in [0.3, 0.4) is 0 Å². The SMILES string of the molecule is CCC(Oc1ccccc1-n1cccc1)C(=O)O. The van der Waals surface area contributed by atoms with E-state index < -0.39 is 12.1 Å². The zero-order valence-corrected chi connectivity index (χ0v) is 10.1. The summed E-state index contributed by atoms with van der Waals surface area (Å²) in [5, 5.41) is 9.02. The summed E-state index contributed by atoms with van der Waals surface area (Å²) in [5.41, 5.74) is 0.835. The van der Waals surface area contributed by atoms with Gasteiger partial charge in [-0.3, -0.25) is 0 Å². The number of hydrogen-bond donors (Lipinski definition) is 1. The molecule has 0 fully saturated rings. The topological polar surface area (TPSA) is 51.5 Å². The lowest BCUT2D eigenvalue weighted by molar-refractivity contribution is -0.145. The van der Waals surface area contributed by atoms with Gasteiger partial charge in [0.15, 0.2) is 6.10 Å². The second-order valence-corrected chi connectivity index (χ2v) is 3.91. The van der Waals surface area contributed by atoms with E-state index in [2.05, 4.69) is 0 Å². The van der Waals surface area contributed by atoms with Crippen LogP contribution in [-0.2, 0) is 4.79 Å². The maximum absolute atomic E-state index is 11.0. The quantitative estimate of drug-likeness (QED) is 0.881. The third kappa shape index (κ3) is 2.53. The van der Waals surface area contributed by atoms with Crippen LogP contribution in [0, 0.1) is 0 Å². The summed E-state index contributed by atoms with van der Waals surface area (Å²) in [7, 11) is 0. The molecule has 4 heteroatoms. The first-order valence-electron chi connectivity index (χ1n) is 5.84. The third-order valence-electron chi connectivity index (χ3n) is 2.66. The Morgan fingerprint density at radius 2 is 1.94 bits per heavy atom. The standard InChI is InChI=1S/C14H15NO3/c1-2-12(14(16)17)18-13-8-4-3-7-11(13)15-9-5-6-10-15/h3-10,12H,2H2,1H3,(H,16,17). The van der Waals surface area contributed by atoms with Crippen LogP contribution in [0.4, 0.5) is 0 Å². The Bertz CT molecular complexity index is 520. The normalized spacial score (nSPS) is 12.1. The minimum atomic E-state index is -0.945. The van der Waals surface area contributed by atoms with Gasteiger partial charge >= 0.3 is 5.97 Å². The van der Waals surface area contributed by atoms with Gasteiger partial charge in [-0.25, -0.2) is 4.79 Å². The van der Waals surface area contributed by atoms with Gasteiger partial charge in [0.05, 0.1) is 5.69 Å². The van der Waals surface area contributed by atoms with Crippen molar-refractivity contribution < 1.29 is 14.6 Å². The van der Waals surface area contributed by atoms with Gasteiger partial charge in [-0.2, -0.15) is 0 Å². The van der Waals surface area contributed by atoms with Crippen LogP contribution in [-0.4, -0.2) is 21.7 Å². The van der Waals surface area contributed by atoms with Gasteiger partial charge < -0.3 is 14.4 Å². The zero-order chi connectivity index (χ0) is 13.0. The highest BCUT2D eigenvalue weighted by atomic mass is 16.5. The third-order valence-corrected chi connectivity index (χ3v) is 2.66. The second-order valence-electron chi connectivity index (χ2n) is 3.91. The van der Waals surface area contributed by atoms with Crippen LogP contribution in [0.15, 0.2) is 48.8 Å². The highest BCUT2D eigenvalue weighted by Crippen LogP contribution is 2.24. The predicted octanol–water partition coefficient (Wildman–Crippen LogP) is 2.72. The van der Waals surface area contributed by atoms with Crippen molar-refractivity contribution in [3.05, 3.63) is 48.8 Å². The fourth-order valence-corrected chi connectivity index (χ4v) is 1.73. The number of benzene rings is 1. The van der Waals surface area contributed by atoms with E-state index >= 15 is 0 Å². The molecule has 0 aliphatic heterocycles. The van der Waals surface area contributed by atoms with Gasteiger partial charge in [0.2, 0.25) is 0 Å². The van der Waals surface area contributed by atoms with Crippen LogP contribution in [0.25, 0.3) is 5.69 Å². The van der Waals surface area contributed by atoms with Gasteiger partial charge in [0.25, 0.3) is 0 Å². The van der Waals surface area contributed by atoms with Gasteiger partial charge in [-0.05, 0) is 30.7 Å². The van der Waals surface area contributed by atoms with E-state index in [-0.39, 0.29) is 0 Å². The molecule has 1 aromatic heterocycles. The van der Waals surface area contributed by atoms with E-state index in [1.165, 1.54) is 0 Å². The Hall–Kier alpha value is -2.23. The number of carbonyl (C=O) groups is 1. The Morgan fingerprint density at radius 3 is 2.56 bits per heavy atom. The zero-order valence-electron chi connectivity index (χ0n) is 10.1. The number of ether oxygens (including phenoxy) is 1. The molecule has 0 saturated heterocycles.